The first-order valence-electron chi connectivity index (χ1n) is 5.02. The van der Waals surface area contributed by atoms with Gasteiger partial charge in [-0.05, 0) is 12.1 Å². The van der Waals surface area contributed by atoms with Gasteiger partial charge in [0.25, 0.3) is 0 Å². The van der Waals surface area contributed by atoms with Gasteiger partial charge in [0, 0.05) is 0 Å². The third kappa shape index (κ3) is 4.23. The van der Waals surface area contributed by atoms with Crippen LogP contribution in [0.2, 0.25) is 0 Å². The maximum atomic E-state index is 11.4. The van der Waals surface area contributed by atoms with Gasteiger partial charge in [-0.15, -0.1) is 0 Å². The van der Waals surface area contributed by atoms with E-state index in [2.05, 4.69) is 0 Å². The maximum Gasteiger partial charge on any atom is 0.323 e. The summed E-state index contributed by atoms with van der Waals surface area (Å²) in [6.07, 6.45) is 0. The zero-order valence-corrected chi connectivity index (χ0v) is 10.5. The number of hydrogen-bond donors (Lipinski definition) is 3. The second kappa shape index (κ2) is 5.67. The van der Waals surface area contributed by atoms with E-state index in [-0.39, 0.29) is 10.6 Å². The third-order valence-corrected chi connectivity index (χ3v) is 3.12. The highest BCUT2D eigenvalue weighted by atomic mass is 32.2. The fourth-order valence-corrected chi connectivity index (χ4v) is 2.27. The molecule has 104 valence electrons. The molecule has 0 aliphatic rings. The fourth-order valence-electron chi connectivity index (χ4n) is 1.51. The largest absolute Gasteiger partial charge is 0.480 e. The number of carbonyl (C=O) groups is 2. The van der Waals surface area contributed by atoms with Crippen molar-refractivity contribution in [1.29, 1.82) is 0 Å². The van der Waals surface area contributed by atoms with Gasteiger partial charge in [0.1, 0.15) is 18.0 Å². The number of para-hydroxylation sites is 1. The van der Waals surface area contributed by atoms with E-state index < -0.39 is 35.1 Å². The number of aliphatic carboxylic acids is 2. The zero-order valence-electron chi connectivity index (χ0n) is 9.68. The second-order valence-electron chi connectivity index (χ2n) is 3.66. The summed E-state index contributed by atoms with van der Waals surface area (Å²) in [5.41, 5.74) is -0.0604. The summed E-state index contributed by atoms with van der Waals surface area (Å²) >= 11 is 0. The van der Waals surface area contributed by atoms with E-state index in [1.54, 1.807) is 0 Å². The Morgan fingerprint density at radius 1 is 1.11 bits per heavy atom. The molecule has 4 N–H and O–H groups in total. The van der Waals surface area contributed by atoms with Gasteiger partial charge in [-0.2, -0.15) is 0 Å². The number of nitrogens with zero attached hydrogens (tertiary/aromatic N) is 1. The first kappa shape index (κ1) is 14.9. The van der Waals surface area contributed by atoms with E-state index in [0.29, 0.717) is 0 Å². The molecule has 0 saturated carbocycles. The molecule has 0 unspecified atom stereocenters. The van der Waals surface area contributed by atoms with Gasteiger partial charge in [-0.1, -0.05) is 12.1 Å². The van der Waals surface area contributed by atoms with E-state index >= 15 is 0 Å². The monoisotopic (exact) mass is 288 g/mol. The Bertz CT molecular complexity index is 582. The quantitative estimate of drug-likeness (QED) is 0.629. The molecule has 0 heterocycles. The standard InChI is InChI=1S/C10H12N2O6S/c11-19(17,18)8-4-2-1-3-7(8)12(5-9(13)14)6-10(15)16/h1-4H,5-6H2,(H,13,14)(H,15,16)(H2,11,17,18). The maximum absolute atomic E-state index is 11.4. The lowest BCUT2D eigenvalue weighted by molar-refractivity contribution is -0.136. The molecule has 19 heavy (non-hydrogen) atoms. The summed E-state index contributed by atoms with van der Waals surface area (Å²) in [4.78, 5) is 22.0. The molecular weight excluding hydrogens is 276 g/mol. The third-order valence-electron chi connectivity index (χ3n) is 2.16. The summed E-state index contributed by atoms with van der Waals surface area (Å²) < 4.78 is 22.8. The zero-order chi connectivity index (χ0) is 14.6. The molecule has 0 amide bonds. The van der Waals surface area contributed by atoms with E-state index in [1.807, 2.05) is 0 Å². The molecule has 8 nitrogen and oxygen atoms in total. The molecule has 0 fully saturated rings. The Hall–Kier alpha value is -2.13. The molecular formula is C10H12N2O6S. The Morgan fingerprint density at radius 3 is 2.00 bits per heavy atom. The van der Waals surface area contributed by atoms with Gasteiger partial charge in [0.15, 0.2) is 0 Å². The normalized spacial score (nSPS) is 11.0. The summed E-state index contributed by atoms with van der Waals surface area (Å²) in [7, 11) is -4.08. The van der Waals surface area contributed by atoms with Crippen LogP contribution in [0.5, 0.6) is 0 Å². The lowest BCUT2D eigenvalue weighted by atomic mass is 10.3. The van der Waals surface area contributed by atoms with Gasteiger partial charge >= 0.3 is 11.9 Å². The van der Waals surface area contributed by atoms with Crippen LogP contribution in [0.1, 0.15) is 0 Å². The molecule has 0 aromatic heterocycles. The van der Waals surface area contributed by atoms with Crippen molar-refractivity contribution in [2.24, 2.45) is 5.14 Å². The Morgan fingerprint density at radius 2 is 1.58 bits per heavy atom. The number of hydrogen-bond acceptors (Lipinski definition) is 5. The minimum absolute atomic E-state index is 0.0604. The van der Waals surface area contributed by atoms with Crippen LogP contribution in [0.15, 0.2) is 29.2 Å². The van der Waals surface area contributed by atoms with Crippen LogP contribution in [-0.2, 0) is 19.6 Å². The molecule has 1 rings (SSSR count). The van der Waals surface area contributed by atoms with Crippen molar-refractivity contribution in [1.82, 2.24) is 0 Å². The topological polar surface area (TPSA) is 138 Å². The minimum Gasteiger partial charge on any atom is -0.480 e. The van der Waals surface area contributed by atoms with Crippen LogP contribution in [0.25, 0.3) is 0 Å². The minimum atomic E-state index is -4.08. The summed E-state index contributed by atoms with van der Waals surface area (Å²) in [6.45, 7) is -1.31. The van der Waals surface area contributed by atoms with E-state index in [0.717, 1.165) is 4.90 Å². The summed E-state index contributed by atoms with van der Waals surface area (Å²) in [6, 6.07) is 5.34. The van der Waals surface area contributed by atoms with E-state index in [4.69, 9.17) is 15.4 Å². The van der Waals surface area contributed by atoms with Crippen LogP contribution in [0, 0.1) is 0 Å². The van der Waals surface area contributed by atoms with Crippen LogP contribution < -0.4 is 10.0 Å². The van der Waals surface area contributed by atoms with Crippen molar-refractivity contribution in [3.63, 3.8) is 0 Å². The first-order valence-corrected chi connectivity index (χ1v) is 6.57. The van der Waals surface area contributed by atoms with Crippen LogP contribution in [0.3, 0.4) is 0 Å². The lowest BCUT2D eigenvalue weighted by Gasteiger charge is -2.22. The van der Waals surface area contributed by atoms with Gasteiger partial charge in [-0.3, -0.25) is 9.59 Å². The number of primary sulfonamides is 1. The van der Waals surface area contributed by atoms with Gasteiger partial charge < -0.3 is 15.1 Å². The number of nitrogens with two attached hydrogens (primary N) is 1. The van der Waals surface area contributed by atoms with Crippen LogP contribution >= 0.6 is 0 Å². The molecule has 0 aliphatic carbocycles. The average Bonchev–Trinajstić information content (AvgIpc) is 2.25. The smallest absolute Gasteiger partial charge is 0.323 e. The molecule has 0 spiro atoms. The van der Waals surface area contributed by atoms with Crippen molar-refractivity contribution in [2.45, 2.75) is 4.90 Å². The predicted octanol–water partition coefficient (Wildman–Crippen LogP) is -0.690. The molecule has 1 aromatic rings. The van der Waals surface area contributed by atoms with Gasteiger partial charge in [0.2, 0.25) is 10.0 Å². The van der Waals surface area contributed by atoms with E-state index in [1.165, 1.54) is 24.3 Å². The van der Waals surface area contributed by atoms with Crippen molar-refractivity contribution in [3.05, 3.63) is 24.3 Å². The molecule has 0 saturated heterocycles. The second-order valence-corrected chi connectivity index (χ2v) is 5.19. The molecule has 1 aromatic carbocycles. The number of rotatable bonds is 6. The Labute approximate surface area is 109 Å². The fraction of sp³-hybridized carbons (Fsp3) is 0.200. The molecule has 9 heteroatoms. The highest BCUT2D eigenvalue weighted by Crippen LogP contribution is 2.23. The summed E-state index contributed by atoms with van der Waals surface area (Å²) in [5.74, 6) is -2.57. The number of sulfonamides is 1. The van der Waals surface area contributed by atoms with Crippen molar-refractivity contribution >= 4 is 27.6 Å². The molecule has 0 bridgehead atoms. The molecule has 0 atom stereocenters. The number of carboxylic acids is 2. The first-order chi connectivity index (χ1) is 8.71. The number of benzene rings is 1. The SMILES string of the molecule is NS(=O)(=O)c1ccccc1N(CC(=O)O)CC(=O)O. The van der Waals surface area contributed by atoms with Gasteiger partial charge in [-0.25, -0.2) is 13.6 Å². The predicted molar refractivity (Wildman–Crippen MR) is 65.3 cm³/mol. The van der Waals surface area contributed by atoms with Crippen molar-refractivity contribution in [2.75, 3.05) is 18.0 Å². The van der Waals surface area contributed by atoms with Crippen molar-refractivity contribution in [3.8, 4) is 0 Å². The molecule has 0 radical (unpaired) electrons. The van der Waals surface area contributed by atoms with E-state index in [9.17, 15) is 18.0 Å². The number of anilines is 1. The molecule has 0 aliphatic heterocycles. The average molecular weight is 288 g/mol. The highest BCUT2D eigenvalue weighted by Gasteiger charge is 2.21. The van der Waals surface area contributed by atoms with Crippen LogP contribution in [-0.4, -0.2) is 43.7 Å². The summed E-state index contributed by atoms with van der Waals surface area (Å²) in [5, 5.41) is 22.5. The Kier molecular flexibility index (Phi) is 4.46. The lowest BCUT2D eigenvalue weighted by Crippen LogP contribution is -2.35. The van der Waals surface area contributed by atoms with Crippen molar-refractivity contribution < 1.29 is 28.2 Å². The van der Waals surface area contributed by atoms with Gasteiger partial charge in [0.05, 0.1) is 5.69 Å². The Balaban J connectivity index is 3.29. The van der Waals surface area contributed by atoms with Crippen LogP contribution in [0.4, 0.5) is 5.69 Å². The highest BCUT2D eigenvalue weighted by molar-refractivity contribution is 7.89. The number of carboxylic acid groups (broad SMARTS) is 2.